The molecule has 1 aromatic heterocycles. The fourth-order valence-corrected chi connectivity index (χ4v) is 1.45. The highest BCUT2D eigenvalue weighted by atomic mass is 127. The fraction of sp³-hybridized carbons (Fsp3) is 0.625. The van der Waals surface area contributed by atoms with Gasteiger partial charge < -0.3 is 4.57 Å². The van der Waals surface area contributed by atoms with Gasteiger partial charge in [-0.2, -0.15) is 0 Å². The maximum Gasteiger partial charge on any atom is 0.122 e. The molecule has 0 fully saturated rings. The second-order valence-corrected chi connectivity index (χ2v) is 4.68. The molecule has 0 aliphatic carbocycles. The third kappa shape index (κ3) is 1.75. The molecule has 0 aromatic carbocycles. The van der Waals surface area contributed by atoms with Gasteiger partial charge in [0, 0.05) is 11.2 Å². The molecular weight excluding hydrogens is 251 g/mol. The molecule has 1 rings (SSSR count). The summed E-state index contributed by atoms with van der Waals surface area (Å²) in [5.74, 6) is 0. The number of hydrogen-bond acceptors (Lipinski definition) is 1. The number of rotatable bonds is 0. The van der Waals surface area contributed by atoms with Gasteiger partial charge in [-0.3, -0.25) is 0 Å². The maximum atomic E-state index is 4.23. The van der Waals surface area contributed by atoms with E-state index in [0.29, 0.717) is 0 Å². The highest BCUT2D eigenvalue weighted by Gasteiger charge is 2.15. The summed E-state index contributed by atoms with van der Waals surface area (Å²) in [5, 5.41) is 0. The van der Waals surface area contributed by atoms with Gasteiger partial charge in [-0.1, -0.05) is 0 Å². The van der Waals surface area contributed by atoms with Crippen molar-refractivity contribution in [2.75, 3.05) is 0 Å². The van der Waals surface area contributed by atoms with Crippen molar-refractivity contribution in [1.82, 2.24) is 9.55 Å². The van der Waals surface area contributed by atoms with E-state index in [1.165, 1.54) is 5.69 Å². The summed E-state index contributed by atoms with van der Waals surface area (Å²) < 4.78 is 3.28. The van der Waals surface area contributed by atoms with Gasteiger partial charge >= 0.3 is 0 Å². The number of halogens is 1. The van der Waals surface area contributed by atoms with Crippen LogP contribution >= 0.6 is 22.6 Å². The summed E-state index contributed by atoms with van der Waals surface area (Å²) in [6.45, 7) is 8.63. The van der Waals surface area contributed by atoms with Gasteiger partial charge in [0.25, 0.3) is 0 Å². The quantitative estimate of drug-likeness (QED) is 0.658. The summed E-state index contributed by atoms with van der Waals surface area (Å²) in [7, 11) is 0. The zero-order valence-electron chi connectivity index (χ0n) is 7.35. The normalized spacial score (nSPS) is 12.1. The molecule has 0 saturated heterocycles. The minimum atomic E-state index is 0.153. The smallest absolute Gasteiger partial charge is 0.122 e. The lowest BCUT2D eigenvalue weighted by molar-refractivity contribution is 0.388. The largest absolute Gasteiger partial charge is 0.328 e. The first-order valence-electron chi connectivity index (χ1n) is 3.63. The van der Waals surface area contributed by atoms with Crippen LogP contribution in [0.2, 0.25) is 0 Å². The number of imidazole rings is 1. The minimum Gasteiger partial charge on any atom is -0.328 e. The fourth-order valence-electron chi connectivity index (χ4n) is 1.06. The average Bonchev–Trinajstić information content (AvgIpc) is 2.11. The highest BCUT2D eigenvalue weighted by Crippen LogP contribution is 2.19. The molecule has 1 aromatic rings. The molecule has 0 aliphatic rings. The molecule has 1 heterocycles. The lowest BCUT2D eigenvalue weighted by atomic mass is 10.1. The van der Waals surface area contributed by atoms with Crippen molar-refractivity contribution in [2.45, 2.75) is 33.2 Å². The van der Waals surface area contributed by atoms with Crippen molar-refractivity contribution in [3.8, 4) is 0 Å². The van der Waals surface area contributed by atoms with Crippen molar-refractivity contribution >= 4 is 22.6 Å². The van der Waals surface area contributed by atoms with Crippen molar-refractivity contribution in [2.24, 2.45) is 0 Å². The Balaban J connectivity index is 3.15. The molecule has 11 heavy (non-hydrogen) atoms. The second kappa shape index (κ2) is 2.77. The second-order valence-electron chi connectivity index (χ2n) is 3.66. The molecule has 0 unspecified atom stereocenters. The van der Waals surface area contributed by atoms with Gasteiger partial charge in [-0.15, -0.1) is 0 Å². The lowest BCUT2D eigenvalue weighted by Gasteiger charge is -2.22. The summed E-state index contributed by atoms with van der Waals surface area (Å²) >= 11 is 2.25. The van der Waals surface area contributed by atoms with E-state index in [9.17, 15) is 0 Å². The molecule has 62 valence electrons. The van der Waals surface area contributed by atoms with Crippen molar-refractivity contribution < 1.29 is 0 Å². The molecule has 0 aliphatic heterocycles. The standard InChI is InChI=1S/C8H13IN2/c1-6-7(9)10-5-11(6)8(2,3)4/h5H,1-4H3. The Morgan fingerprint density at radius 3 is 2.18 bits per heavy atom. The first kappa shape index (κ1) is 9.03. The number of hydrogen-bond donors (Lipinski definition) is 0. The summed E-state index contributed by atoms with van der Waals surface area (Å²) in [4.78, 5) is 4.23. The summed E-state index contributed by atoms with van der Waals surface area (Å²) in [6, 6.07) is 0. The molecule has 0 bridgehead atoms. The van der Waals surface area contributed by atoms with Gasteiger partial charge in [-0.25, -0.2) is 4.98 Å². The Labute approximate surface area is 81.2 Å². The molecule has 0 spiro atoms. The van der Waals surface area contributed by atoms with E-state index >= 15 is 0 Å². The maximum absolute atomic E-state index is 4.23. The first-order valence-corrected chi connectivity index (χ1v) is 4.70. The van der Waals surface area contributed by atoms with Gasteiger partial charge in [0.15, 0.2) is 0 Å². The molecule has 0 amide bonds. The van der Waals surface area contributed by atoms with Gasteiger partial charge in [0.05, 0.1) is 6.33 Å². The molecule has 0 N–H and O–H groups in total. The zero-order chi connectivity index (χ0) is 8.65. The predicted octanol–water partition coefficient (Wildman–Crippen LogP) is 2.55. The minimum absolute atomic E-state index is 0.153. The van der Waals surface area contributed by atoms with Crippen molar-refractivity contribution in [1.29, 1.82) is 0 Å². The van der Waals surface area contributed by atoms with E-state index in [1.807, 2.05) is 6.33 Å². The molecule has 2 nitrogen and oxygen atoms in total. The van der Waals surface area contributed by atoms with Crippen LogP contribution in [0, 0.1) is 10.6 Å². The number of aromatic nitrogens is 2. The highest BCUT2D eigenvalue weighted by molar-refractivity contribution is 14.1. The lowest BCUT2D eigenvalue weighted by Crippen LogP contribution is -2.22. The zero-order valence-corrected chi connectivity index (χ0v) is 9.51. The van der Waals surface area contributed by atoms with Crippen LogP contribution in [-0.4, -0.2) is 9.55 Å². The monoisotopic (exact) mass is 264 g/mol. The van der Waals surface area contributed by atoms with Gasteiger partial charge in [0.1, 0.15) is 3.70 Å². The molecule has 0 atom stereocenters. The third-order valence-corrected chi connectivity index (χ3v) is 2.73. The van der Waals surface area contributed by atoms with E-state index in [-0.39, 0.29) is 5.54 Å². The van der Waals surface area contributed by atoms with E-state index < -0.39 is 0 Å². The summed E-state index contributed by atoms with van der Waals surface area (Å²) in [6.07, 6.45) is 1.90. The predicted molar refractivity (Wildman–Crippen MR) is 54.7 cm³/mol. The van der Waals surface area contributed by atoms with Crippen LogP contribution in [0.5, 0.6) is 0 Å². The van der Waals surface area contributed by atoms with Crippen LogP contribution < -0.4 is 0 Å². The van der Waals surface area contributed by atoms with Crippen LogP contribution in [-0.2, 0) is 5.54 Å². The van der Waals surface area contributed by atoms with E-state index in [2.05, 4.69) is 59.8 Å². The molecule has 0 radical (unpaired) electrons. The average molecular weight is 264 g/mol. The van der Waals surface area contributed by atoms with E-state index in [1.54, 1.807) is 0 Å². The van der Waals surface area contributed by atoms with Gasteiger partial charge in [-0.05, 0) is 50.3 Å². The molecular formula is C8H13IN2. The Bertz CT molecular complexity index is 258. The van der Waals surface area contributed by atoms with Crippen LogP contribution in [0.25, 0.3) is 0 Å². The van der Waals surface area contributed by atoms with Crippen LogP contribution in [0.4, 0.5) is 0 Å². The molecule has 3 heteroatoms. The van der Waals surface area contributed by atoms with E-state index in [4.69, 9.17) is 0 Å². The van der Waals surface area contributed by atoms with Crippen LogP contribution in [0.1, 0.15) is 26.5 Å². The Morgan fingerprint density at radius 1 is 1.45 bits per heavy atom. The third-order valence-electron chi connectivity index (χ3n) is 1.67. The topological polar surface area (TPSA) is 17.8 Å². The summed E-state index contributed by atoms with van der Waals surface area (Å²) in [5.41, 5.74) is 1.40. The van der Waals surface area contributed by atoms with Crippen molar-refractivity contribution in [3.63, 3.8) is 0 Å². The SMILES string of the molecule is Cc1c(I)ncn1C(C)(C)C. The van der Waals surface area contributed by atoms with Crippen molar-refractivity contribution in [3.05, 3.63) is 15.7 Å². The Kier molecular flexibility index (Phi) is 2.27. The van der Waals surface area contributed by atoms with Gasteiger partial charge in [0.2, 0.25) is 0 Å². The molecule has 0 saturated carbocycles. The Morgan fingerprint density at radius 2 is 2.00 bits per heavy atom. The van der Waals surface area contributed by atoms with Crippen LogP contribution in [0.3, 0.4) is 0 Å². The van der Waals surface area contributed by atoms with Crippen LogP contribution in [0.15, 0.2) is 6.33 Å². The Hall–Kier alpha value is -0.0600. The van der Waals surface area contributed by atoms with E-state index in [0.717, 1.165) is 3.70 Å². The first-order chi connectivity index (χ1) is 4.93. The number of nitrogens with zero attached hydrogens (tertiary/aromatic N) is 2.